The Bertz CT molecular complexity index is 377. The van der Waals surface area contributed by atoms with E-state index in [4.69, 9.17) is 14.6 Å². The van der Waals surface area contributed by atoms with Gasteiger partial charge in [-0.05, 0) is 38.5 Å². The van der Waals surface area contributed by atoms with Gasteiger partial charge in [0.2, 0.25) is 0 Å². The number of ether oxygens (including phenoxy) is 2. The summed E-state index contributed by atoms with van der Waals surface area (Å²) in [6, 6.07) is 2.09. The largest absolute Gasteiger partial charge is 0.485 e. The first-order chi connectivity index (χ1) is 8.33. The molecule has 0 aliphatic heterocycles. The summed E-state index contributed by atoms with van der Waals surface area (Å²) < 4.78 is 37.3. The summed E-state index contributed by atoms with van der Waals surface area (Å²) in [5, 5.41) is 8.79. The van der Waals surface area contributed by atoms with Crippen molar-refractivity contribution in [1.29, 1.82) is 0 Å². The van der Waals surface area contributed by atoms with Crippen LogP contribution in [0.2, 0.25) is 0 Å². The summed E-state index contributed by atoms with van der Waals surface area (Å²) in [6.45, 7) is 5.52. The molecule has 0 aliphatic rings. The molecule has 0 unspecified atom stereocenters. The van der Waals surface area contributed by atoms with Crippen LogP contribution in [0.5, 0.6) is 5.75 Å². The number of hydrogen-bond acceptors (Lipinski definition) is 3. The molecule has 0 amide bonds. The van der Waals surface area contributed by atoms with E-state index in [1.807, 2.05) is 20.8 Å². The second-order valence-corrected chi connectivity index (χ2v) is 4.86. The van der Waals surface area contributed by atoms with Crippen LogP contribution in [-0.4, -0.2) is 23.9 Å². The maximum absolute atomic E-state index is 13.4. The van der Waals surface area contributed by atoms with Gasteiger partial charge >= 0.3 is 0 Å². The zero-order valence-corrected chi connectivity index (χ0v) is 10.8. The highest BCUT2D eigenvalue weighted by Crippen LogP contribution is 2.23. The van der Waals surface area contributed by atoms with Gasteiger partial charge in [0, 0.05) is 0 Å². The zero-order chi connectivity index (χ0) is 13.8. The Hall–Kier alpha value is -1.20. The van der Waals surface area contributed by atoms with Crippen molar-refractivity contribution >= 4 is 0 Å². The molecule has 0 saturated heterocycles. The number of aliphatic hydroxyl groups excluding tert-OH is 1. The van der Waals surface area contributed by atoms with Crippen LogP contribution in [0.4, 0.5) is 8.78 Å². The molecular formula is C13H18F2O3. The van der Waals surface area contributed by atoms with Crippen LogP contribution >= 0.6 is 0 Å². The first kappa shape index (κ1) is 14.9. The maximum atomic E-state index is 13.4. The van der Waals surface area contributed by atoms with Gasteiger partial charge in [0.15, 0.2) is 17.4 Å². The number of aliphatic hydroxyl groups is 1. The normalized spacial score (nSPS) is 11.7. The average Bonchev–Trinajstić information content (AvgIpc) is 2.25. The van der Waals surface area contributed by atoms with Crippen LogP contribution in [0.1, 0.15) is 26.3 Å². The quantitative estimate of drug-likeness (QED) is 0.827. The lowest BCUT2D eigenvalue weighted by Crippen LogP contribution is -2.22. The van der Waals surface area contributed by atoms with Crippen LogP contribution in [-0.2, 0) is 11.3 Å². The molecule has 0 fully saturated rings. The van der Waals surface area contributed by atoms with Gasteiger partial charge < -0.3 is 14.6 Å². The SMILES string of the molecule is CC(C)(C)OCCOc1c(F)cc(CO)cc1F. The number of rotatable bonds is 5. The molecule has 3 nitrogen and oxygen atoms in total. The fourth-order valence-corrected chi connectivity index (χ4v) is 1.33. The highest BCUT2D eigenvalue weighted by molar-refractivity contribution is 5.31. The zero-order valence-electron chi connectivity index (χ0n) is 10.8. The lowest BCUT2D eigenvalue weighted by atomic mass is 10.2. The van der Waals surface area contributed by atoms with Gasteiger partial charge in [-0.2, -0.15) is 0 Å². The van der Waals surface area contributed by atoms with E-state index in [0.29, 0.717) is 0 Å². The molecule has 0 saturated carbocycles. The van der Waals surface area contributed by atoms with Crippen molar-refractivity contribution in [2.24, 2.45) is 0 Å². The maximum Gasteiger partial charge on any atom is 0.190 e. The topological polar surface area (TPSA) is 38.7 Å². The van der Waals surface area contributed by atoms with Gasteiger partial charge in [-0.25, -0.2) is 8.78 Å². The van der Waals surface area contributed by atoms with Crippen LogP contribution in [0.25, 0.3) is 0 Å². The molecular weight excluding hydrogens is 242 g/mol. The molecule has 1 aromatic carbocycles. The standard InChI is InChI=1S/C13H18F2O3/c1-13(2,3)18-5-4-17-12-10(14)6-9(8-16)7-11(12)15/h6-7,16H,4-5,8H2,1-3H3. The average molecular weight is 260 g/mol. The molecule has 1 rings (SSSR count). The van der Waals surface area contributed by atoms with E-state index >= 15 is 0 Å². The Labute approximate surface area is 105 Å². The van der Waals surface area contributed by atoms with Gasteiger partial charge in [-0.3, -0.25) is 0 Å². The predicted molar refractivity (Wildman–Crippen MR) is 63.5 cm³/mol. The summed E-state index contributed by atoms with van der Waals surface area (Å²) in [4.78, 5) is 0. The number of halogens is 2. The molecule has 0 heterocycles. The van der Waals surface area contributed by atoms with Gasteiger partial charge in [-0.1, -0.05) is 0 Å². The summed E-state index contributed by atoms with van der Waals surface area (Å²) >= 11 is 0. The first-order valence-corrected chi connectivity index (χ1v) is 5.69. The second kappa shape index (κ2) is 6.11. The van der Waals surface area contributed by atoms with Crippen molar-refractivity contribution < 1.29 is 23.4 Å². The smallest absolute Gasteiger partial charge is 0.190 e. The lowest BCUT2D eigenvalue weighted by molar-refractivity contribution is -0.0170. The van der Waals surface area contributed by atoms with Gasteiger partial charge in [0.1, 0.15) is 6.61 Å². The van der Waals surface area contributed by atoms with Crippen molar-refractivity contribution in [2.75, 3.05) is 13.2 Å². The number of benzene rings is 1. The third kappa shape index (κ3) is 4.58. The van der Waals surface area contributed by atoms with Gasteiger partial charge in [-0.15, -0.1) is 0 Å². The molecule has 1 aromatic rings. The third-order valence-electron chi connectivity index (χ3n) is 2.11. The molecule has 102 valence electrons. The Balaban J connectivity index is 2.57. The molecule has 1 N–H and O–H groups in total. The van der Waals surface area contributed by atoms with E-state index < -0.39 is 24.0 Å². The van der Waals surface area contributed by atoms with Crippen LogP contribution in [0.15, 0.2) is 12.1 Å². The van der Waals surface area contributed by atoms with E-state index in [9.17, 15) is 8.78 Å². The first-order valence-electron chi connectivity index (χ1n) is 5.69. The van der Waals surface area contributed by atoms with Crippen LogP contribution in [0.3, 0.4) is 0 Å². The number of hydrogen-bond donors (Lipinski definition) is 1. The van der Waals surface area contributed by atoms with E-state index in [1.165, 1.54) is 0 Å². The second-order valence-electron chi connectivity index (χ2n) is 4.86. The van der Waals surface area contributed by atoms with Gasteiger partial charge in [0.05, 0.1) is 18.8 Å². The van der Waals surface area contributed by atoms with Crippen molar-refractivity contribution in [1.82, 2.24) is 0 Å². The fourth-order valence-electron chi connectivity index (χ4n) is 1.33. The predicted octanol–water partition coefficient (Wildman–Crippen LogP) is 2.65. The lowest BCUT2D eigenvalue weighted by Gasteiger charge is -2.19. The molecule has 5 heteroatoms. The molecule has 0 bridgehead atoms. The molecule has 18 heavy (non-hydrogen) atoms. The highest BCUT2D eigenvalue weighted by Gasteiger charge is 2.14. The molecule has 0 aliphatic carbocycles. The van der Waals surface area contributed by atoms with Gasteiger partial charge in [0.25, 0.3) is 0 Å². The summed E-state index contributed by atoms with van der Waals surface area (Å²) in [6.07, 6.45) is 0. The van der Waals surface area contributed by atoms with Crippen molar-refractivity contribution in [3.8, 4) is 5.75 Å². The molecule has 0 radical (unpaired) electrons. The minimum atomic E-state index is -0.824. The Kier molecular flexibility index (Phi) is 5.04. The summed E-state index contributed by atoms with van der Waals surface area (Å²) in [5.74, 6) is -2.09. The monoisotopic (exact) mass is 260 g/mol. The molecule has 0 atom stereocenters. The van der Waals surface area contributed by atoms with Crippen LogP contribution < -0.4 is 4.74 Å². The Morgan fingerprint density at radius 1 is 1.11 bits per heavy atom. The highest BCUT2D eigenvalue weighted by atomic mass is 19.1. The summed E-state index contributed by atoms with van der Waals surface area (Å²) in [7, 11) is 0. The van der Waals surface area contributed by atoms with Crippen LogP contribution in [0, 0.1) is 11.6 Å². The fraction of sp³-hybridized carbons (Fsp3) is 0.538. The Morgan fingerprint density at radius 3 is 2.11 bits per heavy atom. The summed E-state index contributed by atoms with van der Waals surface area (Å²) in [5.41, 5.74) is -0.149. The van der Waals surface area contributed by atoms with Crippen molar-refractivity contribution in [2.45, 2.75) is 33.0 Å². The van der Waals surface area contributed by atoms with Crippen molar-refractivity contribution in [3.05, 3.63) is 29.3 Å². The molecule has 0 spiro atoms. The van der Waals surface area contributed by atoms with E-state index in [2.05, 4.69) is 0 Å². The van der Waals surface area contributed by atoms with Crippen molar-refractivity contribution in [3.63, 3.8) is 0 Å². The van der Waals surface area contributed by atoms with E-state index in [1.54, 1.807) is 0 Å². The minimum absolute atomic E-state index is 0.0591. The minimum Gasteiger partial charge on any atom is -0.485 e. The van der Waals surface area contributed by atoms with E-state index in [0.717, 1.165) is 12.1 Å². The third-order valence-corrected chi connectivity index (χ3v) is 2.11. The van der Waals surface area contributed by atoms with E-state index in [-0.39, 0.29) is 24.4 Å². The Morgan fingerprint density at radius 2 is 1.67 bits per heavy atom. The molecule has 0 aromatic heterocycles.